The fourth-order valence-corrected chi connectivity index (χ4v) is 0.951. The number of hydrogen-bond acceptors (Lipinski definition) is 3. The molecule has 2 atom stereocenters. The molecule has 0 fully saturated rings. The zero-order chi connectivity index (χ0) is 12.1. The molecule has 0 saturated heterocycles. The molecule has 4 heteroatoms. The predicted octanol–water partition coefficient (Wildman–Crippen LogP) is 1.65. The highest BCUT2D eigenvalue weighted by atomic mass is 16.6. The van der Waals surface area contributed by atoms with E-state index in [1.165, 1.54) is 0 Å². The van der Waals surface area contributed by atoms with E-state index in [4.69, 9.17) is 4.74 Å². The number of amides is 1. The summed E-state index contributed by atoms with van der Waals surface area (Å²) in [5, 5.41) is 11.8. The van der Waals surface area contributed by atoms with Crippen LogP contribution in [0.25, 0.3) is 0 Å². The van der Waals surface area contributed by atoms with E-state index in [-0.39, 0.29) is 0 Å². The lowest BCUT2D eigenvalue weighted by Crippen LogP contribution is -2.44. The lowest BCUT2D eigenvalue weighted by atomic mass is 10.1. The van der Waals surface area contributed by atoms with E-state index >= 15 is 0 Å². The smallest absolute Gasteiger partial charge is 0.407 e. The van der Waals surface area contributed by atoms with Crippen LogP contribution in [-0.4, -0.2) is 28.9 Å². The van der Waals surface area contributed by atoms with Crippen molar-refractivity contribution in [1.82, 2.24) is 5.32 Å². The molecular formula is C11H20NO3. The standard InChI is InChI=1S/C11H20NO3/c1-6-7-9(8(2)13)12-10(14)15-11(3,4)5/h6,8-9,13H,1-2,7H2,3-5H3,(H,12,14)/t8?,9-/m0/s1. The molecule has 0 rings (SSSR count). The van der Waals surface area contributed by atoms with Crippen molar-refractivity contribution in [1.29, 1.82) is 0 Å². The van der Waals surface area contributed by atoms with Gasteiger partial charge in [-0.05, 0) is 34.1 Å². The van der Waals surface area contributed by atoms with Crippen LogP contribution in [-0.2, 0) is 4.74 Å². The Labute approximate surface area is 91.3 Å². The van der Waals surface area contributed by atoms with Crippen LogP contribution in [0.15, 0.2) is 12.7 Å². The van der Waals surface area contributed by atoms with Crippen LogP contribution in [0.5, 0.6) is 0 Å². The minimum atomic E-state index is -0.879. The molecule has 0 aliphatic heterocycles. The maximum atomic E-state index is 11.3. The van der Waals surface area contributed by atoms with Gasteiger partial charge < -0.3 is 15.2 Å². The second-order valence-electron chi connectivity index (χ2n) is 4.34. The molecule has 0 heterocycles. The summed E-state index contributed by atoms with van der Waals surface area (Å²) in [7, 11) is 0. The first-order chi connectivity index (χ1) is 6.76. The number of alkyl carbamates (subject to hydrolysis) is 1. The fraction of sp³-hybridized carbons (Fsp3) is 0.636. The van der Waals surface area contributed by atoms with E-state index in [1.54, 1.807) is 26.8 Å². The monoisotopic (exact) mass is 214 g/mol. The average Bonchev–Trinajstić information content (AvgIpc) is 1.99. The maximum Gasteiger partial charge on any atom is 0.407 e. The largest absolute Gasteiger partial charge is 0.444 e. The highest BCUT2D eigenvalue weighted by molar-refractivity contribution is 5.68. The number of nitrogens with one attached hydrogen (secondary N) is 1. The first kappa shape index (κ1) is 14.0. The van der Waals surface area contributed by atoms with Gasteiger partial charge in [-0.3, -0.25) is 0 Å². The van der Waals surface area contributed by atoms with E-state index in [1.807, 2.05) is 0 Å². The average molecular weight is 214 g/mol. The van der Waals surface area contributed by atoms with Gasteiger partial charge in [0.2, 0.25) is 0 Å². The lowest BCUT2D eigenvalue weighted by molar-refractivity contribution is 0.0455. The van der Waals surface area contributed by atoms with Gasteiger partial charge in [0, 0.05) is 0 Å². The number of aliphatic hydroxyl groups is 1. The van der Waals surface area contributed by atoms with Crippen molar-refractivity contribution in [2.24, 2.45) is 0 Å². The van der Waals surface area contributed by atoms with Crippen molar-refractivity contribution < 1.29 is 14.6 Å². The van der Waals surface area contributed by atoms with Crippen molar-refractivity contribution in [3.8, 4) is 0 Å². The van der Waals surface area contributed by atoms with Crippen LogP contribution < -0.4 is 5.32 Å². The first-order valence-corrected chi connectivity index (χ1v) is 4.88. The van der Waals surface area contributed by atoms with Crippen LogP contribution in [0.2, 0.25) is 0 Å². The molecule has 1 radical (unpaired) electrons. The summed E-state index contributed by atoms with van der Waals surface area (Å²) in [6, 6.07) is -0.461. The number of carbonyl (C=O) groups is 1. The Hall–Kier alpha value is -1.03. The number of hydrogen-bond donors (Lipinski definition) is 2. The fourth-order valence-electron chi connectivity index (χ4n) is 0.951. The lowest BCUT2D eigenvalue weighted by Gasteiger charge is -2.24. The van der Waals surface area contributed by atoms with Crippen molar-refractivity contribution in [3.63, 3.8) is 0 Å². The molecule has 2 N–H and O–H groups in total. The van der Waals surface area contributed by atoms with Gasteiger partial charge in [-0.2, -0.15) is 0 Å². The Kier molecular flexibility index (Phi) is 5.36. The van der Waals surface area contributed by atoms with E-state index in [0.717, 1.165) is 0 Å². The van der Waals surface area contributed by atoms with Crippen LogP contribution in [0.3, 0.4) is 0 Å². The Morgan fingerprint density at radius 3 is 2.47 bits per heavy atom. The molecule has 4 nitrogen and oxygen atoms in total. The topological polar surface area (TPSA) is 58.6 Å². The van der Waals surface area contributed by atoms with Gasteiger partial charge in [0.25, 0.3) is 0 Å². The van der Waals surface area contributed by atoms with E-state index in [0.29, 0.717) is 6.42 Å². The number of rotatable bonds is 4. The normalized spacial score (nSPS) is 15.3. The van der Waals surface area contributed by atoms with Gasteiger partial charge in [0.15, 0.2) is 0 Å². The molecule has 1 amide bonds. The third kappa shape index (κ3) is 6.96. The summed E-state index contributed by atoms with van der Waals surface area (Å²) in [5.74, 6) is 0. The van der Waals surface area contributed by atoms with Gasteiger partial charge in [-0.15, -0.1) is 6.58 Å². The minimum Gasteiger partial charge on any atom is -0.444 e. The molecule has 0 aliphatic carbocycles. The van der Waals surface area contributed by atoms with Crippen molar-refractivity contribution in [3.05, 3.63) is 19.6 Å². The van der Waals surface area contributed by atoms with Crippen molar-refractivity contribution in [2.75, 3.05) is 0 Å². The summed E-state index contributed by atoms with van der Waals surface area (Å²) in [6.45, 7) is 12.3. The van der Waals surface area contributed by atoms with E-state index in [2.05, 4.69) is 18.8 Å². The van der Waals surface area contributed by atoms with E-state index < -0.39 is 23.8 Å². The first-order valence-electron chi connectivity index (χ1n) is 4.88. The third-order valence-electron chi connectivity index (χ3n) is 1.59. The molecule has 0 aliphatic rings. The predicted molar refractivity (Wildman–Crippen MR) is 59.3 cm³/mol. The summed E-state index contributed by atoms with van der Waals surface area (Å²) in [6.07, 6.45) is 0.618. The quantitative estimate of drug-likeness (QED) is 0.700. The maximum absolute atomic E-state index is 11.3. The highest BCUT2D eigenvalue weighted by Crippen LogP contribution is 2.08. The molecule has 0 aromatic rings. The van der Waals surface area contributed by atoms with Gasteiger partial charge in [-0.1, -0.05) is 6.08 Å². The van der Waals surface area contributed by atoms with Gasteiger partial charge in [0.05, 0.1) is 12.1 Å². The second-order valence-corrected chi connectivity index (χ2v) is 4.34. The van der Waals surface area contributed by atoms with Crippen LogP contribution in [0, 0.1) is 6.92 Å². The molecule has 0 saturated carbocycles. The molecule has 0 aromatic heterocycles. The van der Waals surface area contributed by atoms with Gasteiger partial charge >= 0.3 is 6.09 Å². The third-order valence-corrected chi connectivity index (χ3v) is 1.59. The van der Waals surface area contributed by atoms with Crippen LogP contribution in [0.1, 0.15) is 27.2 Å². The highest BCUT2D eigenvalue weighted by Gasteiger charge is 2.21. The number of ether oxygens (including phenoxy) is 1. The molecule has 1 unspecified atom stereocenters. The molecule has 87 valence electrons. The van der Waals surface area contributed by atoms with Crippen LogP contribution in [0.4, 0.5) is 4.79 Å². The summed E-state index contributed by atoms with van der Waals surface area (Å²) >= 11 is 0. The SMILES string of the molecule is [CH2]C(O)[C@H](CC=C)NC(=O)OC(C)(C)C. The molecule has 15 heavy (non-hydrogen) atoms. The molecule has 0 bridgehead atoms. The van der Waals surface area contributed by atoms with E-state index in [9.17, 15) is 9.90 Å². The zero-order valence-corrected chi connectivity index (χ0v) is 9.62. The van der Waals surface area contributed by atoms with Crippen LogP contribution >= 0.6 is 0 Å². The Morgan fingerprint density at radius 2 is 2.13 bits per heavy atom. The second kappa shape index (κ2) is 5.75. The van der Waals surface area contributed by atoms with Gasteiger partial charge in [-0.25, -0.2) is 4.79 Å². The van der Waals surface area contributed by atoms with Crippen molar-refractivity contribution >= 4 is 6.09 Å². The Bertz CT molecular complexity index is 218. The van der Waals surface area contributed by atoms with Crippen molar-refractivity contribution in [2.45, 2.75) is 44.9 Å². The summed E-state index contributed by atoms with van der Waals surface area (Å²) in [5.41, 5.74) is -0.547. The molecule has 0 spiro atoms. The number of aliphatic hydroxyl groups excluding tert-OH is 1. The Morgan fingerprint density at radius 1 is 1.60 bits per heavy atom. The van der Waals surface area contributed by atoms with Gasteiger partial charge in [0.1, 0.15) is 5.60 Å². The number of carbonyl (C=O) groups excluding carboxylic acids is 1. The molecule has 0 aromatic carbocycles. The minimum absolute atomic E-state index is 0.448. The molecular weight excluding hydrogens is 194 g/mol. The Balaban J connectivity index is 4.17. The zero-order valence-electron chi connectivity index (χ0n) is 9.62. The summed E-state index contributed by atoms with van der Waals surface area (Å²) < 4.78 is 5.04. The summed E-state index contributed by atoms with van der Waals surface area (Å²) in [4.78, 5) is 11.3.